The smallest absolute Gasteiger partial charge is 0.0627 e. The molecule has 1 aromatic rings. The predicted octanol–water partition coefficient (Wildman–Crippen LogP) is 0.391. The van der Waals surface area contributed by atoms with Crippen molar-refractivity contribution in [2.45, 2.75) is 19.3 Å². The van der Waals surface area contributed by atoms with E-state index < -0.39 is 0 Å². The maximum atomic E-state index is 4.38. The van der Waals surface area contributed by atoms with Gasteiger partial charge in [0.05, 0.1) is 5.35 Å². The van der Waals surface area contributed by atoms with Gasteiger partial charge in [0.15, 0.2) is 0 Å². The van der Waals surface area contributed by atoms with Gasteiger partial charge in [0.25, 0.3) is 0 Å². The maximum Gasteiger partial charge on any atom is 0.0627 e. The Morgan fingerprint density at radius 2 is 2.09 bits per heavy atom. The van der Waals surface area contributed by atoms with Crippen molar-refractivity contribution in [3.8, 4) is 0 Å². The molecule has 0 aliphatic heterocycles. The lowest BCUT2D eigenvalue weighted by Gasteiger charge is -1.95. The van der Waals surface area contributed by atoms with Gasteiger partial charge in [-0.2, -0.15) is 0 Å². The molecule has 11 heavy (non-hydrogen) atoms. The molecular weight excluding hydrogens is 134 g/mol. The molecule has 1 heteroatoms. The van der Waals surface area contributed by atoms with Crippen LogP contribution in [0.5, 0.6) is 0 Å². The van der Waals surface area contributed by atoms with E-state index in [2.05, 4.69) is 24.2 Å². The second-order valence-electron chi connectivity index (χ2n) is 3.05. The minimum atomic E-state index is 0.839. The number of nitrogens with zero attached hydrogens (tertiary/aromatic N) is 1. The highest BCUT2D eigenvalue weighted by atomic mass is 14.7. The van der Waals surface area contributed by atoms with Crippen molar-refractivity contribution in [1.29, 1.82) is 0 Å². The van der Waals surface area contributed by atoms with Gasteiger partial charge < -0.3 is 0 Å². The Kier molecular flexibility index (Phi) is 1.31. The molecule has 0 N–H and O–H groups in total. The third-order valence-electron chi connectivity index (χ3n) is 2.22. The molecule has 0 amide bonds. The molecule has 0 spiro atoms. The van der Waals surface area contributed by atoms with Gasteiger partial charge in [-0.05, 0) is 36.1 Å². The summed E-state index contributed by atoms with van der Waals surface area (Å²) in [5.41, 5.74) is 2.62. The molecule has 1 aliphatic rings. The van der Waals surface area contributed by atoms with Crippen LogP contribution in [0.4, 0.5) is 0 Å². The van der Waals surface area contributed by atoms with Crippen LogP contribution in [0.2, 0.25) is 0 Å². The third kappa shape index (κ3) is 0.967. The van der Waals surface area contributed by atoms with Crippen LogP contribution in [-0.4, -0.2) is 4.98 Å². The van der Waals surface area contributed by atoms with E-state index in [1.807, 2.05) is 0 Å². The van der Waals surface area contributed by atoms with Gasteiger partial charge in [0.2, 0.25) is 0 Å². The summed E-state index contributed by atoms with van der Waals surface area (Å²) in [7, 11) is 0. The minimum absolute atomic E-state index is 0.839. The van der Waals surface area contributed by atoms with Gasteiger partial charge in [-0.3, -0.25) is 4.98 Å². The molecule has 0 saturated heterocycles. The zero-order chi connectivity index (χ0) is 7.84. The fourth-order valence-electron chi connectivity index (χ4n) is 1.56. The number of aromatic nitrogens is 1. The van der Waals surface area contributed by atoms with Gasteiger partial charge in [0, 0.05) is 5.69 Å². The van der Waals surface area contributed by atoms with Gasteiger partial charge in [-0.25, -0.2) is 0 Å². The molecule has 1 nitrogen and oxygen atoms in total. The van der Waals surface area contributed by atoms with E-state index in [4.69, 9.17) is 0 Å². The van der Waals surface area contributed by atoms with Crippen molar-refractivity contribution in [2.24, 2.45) is 0 Å². The highest BCUT2D eigenvalue weighted by Gasteiger charge is 2.10. The summed E-state index contributed by atoms with van der Waals surface area (Å²) in [6, 6.07) is 2.12. The molecule has 2 rings (SSSR count). The highest BCUT2D eigenvalue weighted by Crippen LogP contribution is 2.15. The lowest BCUT2D eigenvalue weighted by molar-refractivity contribution is 0.897. The summed E-state index contributed by atoms with van der Waals surface area (Å²) in [5.74, 6) is 0. The molecule has 0 radical (unpaired) electrons. The lowest BCUT2D eigenvalue weighted by Crippen LogP contribution is -2.26. The zero-order valence-electron chi connectivity index (χ0n) is 6.56. The topological polar surface area (TPSA) is 12.9 Å². The van der Waals surface area contributed by atoms with Crippen LogP contribution in [0.3, 0.4) is 0 Å². The number of aryl methyl sites for hydroxylation is 2. The van der Waals surface area contributed by atoms with Crippen molar-refractivity contribution in [3.05, 3.63) is 27.9 Å². The summed E-state index contributed by atoms with van der Waals surface area (Å²) >= 11 is 0. The molecule has 0 fully saturated rings. The second-order valence-corrected chi connectivity index (χ2v) is 3.05. The molecule has 1 heterocycles. The van der Waals surface area contributed by atoms with Crippen LogP contribution in [-0.2, 0) is 12.8 Å². The van der Waals surface area contributed by atoms with Gasteiger partial charge in [0.1, 0.15) is 0 Å². The summed E-state index contributed by atoms with van der Waals surface area (Å²) in [6.45, 7) is 7.70. The van der Waals surface area contributed by atoms with Gasteiger partial charge in [-0.15, -0.1) is 0 Å². The van der Waals surface area contributed by atoms with Gasteiger partial charge >= 0.3 is 0 Å². The third-order valence-corrected chi connectivity index (χ3v) is 2.22. The van der Waals surface area contributed by atoms with Gasteiger partial charge in [-0.1, -0.05) is 13.2 Å². The first-order valence-electron chi connectivity index (χ1n) is 3.94. The minimum Gasteiger partial charge on any atom is -0.253 e. The summed E-state index contributed by atoms with van der Waals surface area (Å²) < 4.78 is 0. The molecule has 0 bridgehead atoms. The molecule has 1 aromatic heterocycles. The molecule has 0 aromatic carbocycles. The first kappa shape index (κ1) is 6.59. The Bertz CT molecular complexity index is 342. The van der Waals surface area contributed by atoms with Crippen LogP contribution in [0.25, 0.3) is 13.2 Å². The van der Waals surface area contributed by atoms with Crippen molar-refractivity contribution in [3.63, 3.8) is 0 Å². The fourth-order valence-corrected chi connectivity index (χ4v) is 1.56. The lowest BCUT2D eigenvalue weighted by atomic mass is 10.2. The molecular formula is C10H11N. The van der Waals surface area contributed by atoms with Crippen LogP contribution in [0.15, 0.2) is 6.07 Å². The van der Waals surface area contributed by atoms with Crippen LogP contribution in [0, 0.1) is 0 Å². The first-order valence-corrected chi connectivity index (χ1v) is 3.94. The Hall–Kier alpha value is -1.11. The SMILES string of the molecule is C=c1cc2c(nc1=C)CCC2. The number of hydrogen-bond acceptors (Lipinski definition) is 1. The summed E-state index contributed by atoms with van der Waals surface area (Å²) in [6.07, 6.45) is 3.54. The zero-order valence-corrected chi connectivity index (χ0v) is 6.56. The summed E-state index contributed by atoms with van der Waals surface area (Å²) in [4.78, 5) is 4.38. The Labute approximate surface area is 66.1 Å². The van der Waals surface area contributed by atoms with E-state index in [-0.39, 0.29) is 0 Å². The van der Waals surface area contributed by atoms with E-state index in [1.54, 1.807) is 0 Å². The summed E-state index contributed by atoms with van der Waals surface area (Å²) in [5, 5.41) is 1.82. The average Bonchev–Trinajstić information content (AvgIpc) is 2.36. The predicted molar refractivity (Wildman–Crippen MR) is 46.6 cm³/mol. The molecule has 1 aliphatic carbocycles. The standard InChI is InChI=1S/C10H11N/c1-7-6-9-4-3-5-10(9)11-8(7)2/h6H,1-5H2. The number of hydrogen-bond donors (Lipinski definition) is 0. The Morgan fingerprint density at radius 3 is 2.91 bits per heavy atom. The van der Waals surface area contributed by atoms with Crippen molar-refractivity contribution in [1.82, 2.24) is 4.98 Å². The number of pyridine rings is 1. The van der Waals surface area contributed by atoms with Crippen LogP contribution >= 0.6 is 0 Å². The number of fused-ring (bicyclic) bond motifs is 1. The van der Waals surface area contributed by atoms with Crippen molar-refractivity contribution in [2.75, 3.05) is 0 Å². The first-order chi connectivity index (χ1) is 5.27. The molecule has 56 valence electrons. The van der Waals surface area contributed by atoms with E-state index >= 15 is 0 Å². The largest absolute Gasteiger partial charge is 0.253 e. The van der Waals surface area contributed by atoms with Crippen molar-refractivity contribution < 1.29 is 0 Å². The second kappa shape index (κ2) is 2.19. The van der Waals surface area contributed by atoms with Crippen LogP contribution in [0.1, 0.15) is 17.7 Å². The Balaban J connectivity index is 2.76. The van der Waals surface area contributed by atoms with E-state index in [9.17, 15) is 0 Å². The normalized spacial score (nSPS) is 14.9. The average molecular weight is 145 g/mol. The molecule has 0 unspecified atom stereocenters. The van der Waals surface area contributed by atoms with E-state index in [1.165, 1.54) is 24.1 Å². The number of rotatable bonds is 0. The van der Waals surface area contributed by atoms with E-state index in [0.717, 1.165) is 17.0 Å². The quantitative estimate of drug-likeness (QED) is 0.514. The highest BCUT2D eigenvalue weighted by molar-refractivity contribution is 5.27. The molecule has 0 saturated carbocycles. The van der Waals surface area contributed by atoms with Crippen molar-refractivity contribution >= 4 is 13.2 Å². The van der Waals surface area contributed by atoms with Crippen LogP contribution < -0.4 is 10.6 Å². The monoisotopic (exact) mass is 145 g/mol. The van der Waals surface area contributed by atoms with E-state index in [0.29, 0.717) is 0 Å². The maximum absolute atomic E-state index is 4.38. The Morgan fingerprint density at radius 1 is 1.27 bits per heavy atom. The fraction of sp³-hybridized carbons (Fsp3) is 0.300. The molecule has 0 atom stereocenters.